The van der Waals surface area contributed by atoms with Crippen molar-refractivity contribution in [3.63, 3.8) is 0 Å². The number of thiophene rings is 1. The van der Waals surface area contributed by atoms with Crippen molar-refractivity contribution in [2.45, 2.75) is 13.0 Å². The number of fused-ring (bicyclic) bond motifs is 1. The Morgan fingerprint density at radius 2 is 2.19 bits per heavy atom. The Labute approximate surface area is 129 Å². The normalized spacial score (nSPS) is 13.9. The highest BCUT2D eigenvalue weighted by Gasteiger charge is 2.24. The molecule has 21 heavy (non-hydrogen) atoms. The Hall–Kier alpha value is -1.92. The molecule has 1 aliphatic rings. The molecule has 5 nitrogen and oxygen atoms in total. The standard InChI is InChI=1S/C14H11ClN2O3S/c15-11-7-9(1-2-12(11)17(19)20)14(18)16-5-3-13-10(8-16)4-6-21-13/h1-2,4,6-7H,3,5,8H2. The van der Waals surface area contributed by atoms with Crippen LogP contribution in [0.1, 0.15) is 20.8 Å². The van der Waals surface area contributed by atoms with Crippen molar-refractivity contribution >= 4 is 34.5 Å². The molecule has 0 fully saturated rings. The quantitative estimate of drug-likeness (QED) is 0.628. The number of nitro groups is 1. The lowest BCUT2D eigenvalue weighted by Crippen LogP contribution is -2.35. The van der Waals surface area contributed by atoms with Crippen molar-refractivity contribution in [1.82, 2.24) is 4.90 Å². The van der Waals surface area contributed by atoms with Gasteiger partial charge in [0.25, 0.3) is 11.6 Å². The first-order valence-electron chi connectivity index (χ1n) is 6.34. The topological polar surface area (TPSA) is 63.4 Å². The summed E-state index contributed by atoms with van der Waals surface area (Å²) in [5.74, 6) is -0.149. The number of halogens is 1. The predicted molar refractivity (Wildman–Crippen MR) is 80.9 cm³/mol. The second-order valence-corrected chi connectivity index (χ2v) is 6.18. The first kappa shape index (κ1) is 14.0. The average Bonchev–Trinajstić information content (AvgIpc) is 2.93. The van der Waals surface area contributed by atoms with E-state index in [1.165, 1.54) is 28.6 Å². The van der Waals surface area contributed by atoms with Crippen molar-refractivity contribution in [2.24, 2.45) is 0 Å². The van der Waals surface area contributed by atoms with Gasteiger partial charge in [-0.05, 0) is 35.6 Å². The summed E-state index contributed by atoms with van der Waals surface area (Å²) in [5, 5.41) is 12.8. The first-order chi connectivity index (χ1) is 10.1. The van der Waals surface area contributed by atoms with Gasteiger partial charge in [-0.1, -0.05) is 11.6 Å². The maximum Gasteiger partial charge on any atom is 0.287 e. The summed E-state index contributed by atoms with van der Waals surface area (Å²) in [6, 6.07) is 6.12. The van der Waals surface area contributed by atoms with Crippen LogP contribution in [0.3, 0.4) is 0 Å². The van der Waals surface area contributed by atoms with Crippen molar-refractivity contribution in [1.29, 1.82) is 0 Å². The highest BCUT2D eigenvalue weighted by Crippen LogP contribution is 2.28. The van der Waals surface area contributed by atoms with Crippen molar-refractivity contribution in [2.75, 3.05) is 6.54 Å². The Morgan fingerprint density at radius 3 is 2.90 bits per heavy atom. The van der Waals surface area contributed by atoms with Gasteiger partial charge in [0.15, 0.2) is 0 Å². The van der Waals surface area contributed by atoms with Gasteiger partial charge in [-0.2, -0.15) is 0 Å². The summed E-state index contributed by atoms with van der Waals surface area (Å²) in [6.07, 6.45) is 0.847. The van der Waals surface area contributed by atoms with Crippen LogP contribution in [0.15, 0.2) is 29.6 Å². The van der Waals surface area contributed by atoms with Gasteiger partial charge in [0.05, 0.1) is 4.92 Å². The zero-order valence-electron chi connectivity index (χ0n) is 10.9. The van der Waals surface area contributed by atoms with E-state index >= 15 is 0 Å². The van der Waals surface area contributed by atoms with Gasteiger partial charge >= 0.3 is 0 Å². The number of carbonyl (C=O) groups excluding carboxylic acids is 1. The van der Waals surface area contributed by atoms with E-state index in [9.17, 15) is 14.9 Å². The van der Waals surface area contributed by atoms with Gasteiger partial charge in [0.2, 0.25) is 0 Å². The molecule has 0 unspecified atom stereocenters. The molecule has 0 spiro atoms. The van der Waals surface area contributed by atoms with Gasteiger partial charge in [-0.25, -0.2) is 0 Å². The lowest BCUT2D eigenvalue weighted by Gasteiger charge is -2.27. The van der Waals surface area contributed by atoms with E-state index in [1.54, 1.807) is 16.2 Å². The molecule has 108 valence electrons. The second kappa shape index (κ2) is 5.46. The van der Waals surface area contributed by atoms with E-state index in [-0.39, 0.29) is 16.6 Å². The lowest BCUT2D eigenvalue weighted by atomic mass is 10.1. The molecule has 0 N–H and O–H groups in total. The largest absolute Gasteiger partial charge is 0.334 e. The number of nitrogens with zero attached hydrogens (tertiary/aromatic N) is 2. The predicted octanol–water partition coefficient (Wildman–Crippen LogP) is 3.51. The van der Waals surface area contributed by atoms with E-state index < -0.39 is 4.92 Å². The molecule has 0 radical (unpaired) electrons. The minimum atomic E-state index is -0.560. The second-order valence-electron chi connectivity index (χ2n) is 4.77. The van der Waals surface area contributed by atoms with E-state index in [0.717, 1.165) is 6.42 Å². The molecule has 0 atom stereocenters. The molecule has 1 aromatic heterocycles. The Bertz CT molecular complexity index is 729. The van der Waals surface area contributed by atoms with Crippen LogP contribution in [-0.2, 0) is 13.0 Å². The average molecular weight is 323 g/mol. The van der Waals surface area contributed by atoms with E-state index in [4.69, 9.17) is 11.6 Å². The third-order valence-electron chi connectivity index (χ3n) is 3.49. The molecule has 0 bridgehead atoms. The molecule has 3 rings (SSSR count). The lowest BCUT2D eigenvalue weighted by molar-refractivity contribution is -0.384. The molecule has 1 aromatic carbocycles. The maximum atomic E-state index is 12.5. The van der Waals surface area contributed by atoms with E-state index in [2.05, 4.69) is 0 Å². The zero-order chi connectivity index (χ0) is 15.0. The number of hydrogen-bond donors (Lipinski definition) is 0. The maximum absolute atomic E-state index is 12.5. The summed E-state index contributed by atoms with van der Waals surface area (Å²) in [4.78, 5) is 25.7. The minimum Gasteiger partial charge on any atom is -0.334 e. The summed E-state index contributed by atoms with van der Waals surface area (Å²) in [6.45, 7) is 1.23. The summed E-state index contributed by atoms with van der Waals surface area (Å²) >= 11 is 7.57. The Kier molecular flexibility index (Phi) is 3.65. The van der Waals surface area contributed by atoms with Crippen LogP contribution in [0.2, 0.25) is 5.02 Å². The number of benzene rings is 1. The van der Waals surface area contributed by atoms with E-state index in [1.807, 2.05) is 11.4 Å². The van der Waals surface area contributed by atoms with Crippen LogP contribution in [0.4, 0.5) is 5.69 Å². The summed E-state index contributed by atoms with van der Waals surface area (Å²) in [7, 11) is 0. The number of rotatable bonds is 2. The number of hydrogen-bond acceptors (Lipinski definition) is 4. The number of nitro benzene ring substituents is 1. The minimum absolute atomic E-state index is 0.0147. The first-order valence-corrected chi connectivity index (χ1v) is 7.60. The van der Waals surface area contributed by atoms with Crippen LogP contribution in [0.25, 0.3) is 0 Å². The number of carbonyl (C=O) groups is 1. The molecule has 0 aliphatic carbocycles. The van der Waals surface area contributed by atoms with Gasteiger partial charge in [-0.3, -0.25) is 14.9 Å². The third-order valence-corrected chi connectivity index (χ3v) is 4.81. The summed E-state index contributed by atoms with van der Waals surface area (Å²) in [5.41, 5.74) is 1.36. The van der Waals surface area contributed by atoms with Gasteiger partial charge in [0.1, 0.15) is 5.02 Å². The highest BCUT2D eigenvalue weighted by atomic mass is 35.5. The van der Waals surface area contributed by atoms with Gasteiger partial charge < -0.3 is 4.90 Å². The third kappa shape index (κ3) is 2.64. The number of amides is 1. The van der Waals surface area contributed by atoms with Crippen molar-refractivity contribution in [3.8, 4) is 0 Å². The van der Waals surface area contributed by atoms with Crippen molar-refractivity contribution in [3.05, 3.63) is 60.8 Å². The zero-order valence-corrected chi connectivity index (χ0v) is 12.5. The molecule has 0 saturated heterocycles. The van der Waals surface area contributed by atoms with Gasteiger partial charge in [0, 0.05) is 29.6 Å². The summed E-state index contributed by atoms with van der Waals surface area (Å²) < 4.78 is 0. The molecule has 7 heteroatoms. The molecule has 2 heterocycles. The fourth-order valence-electron chi connectivity index (χ4n) is 2.39. The Morgan fingerprint density at radius 1 is 1.38 bits per heavy atom. The van der Waals surface area contributed by atoms with Crippen LogP contribution < -0.4 is 0 Å². The SMILES string of the molecule is O=C(c1ccc([N+](=O)[O-])c(Cl)c1)N1CCc2sccc2C1. The smallest absolute Gasteiger partial charge is 0.287 e. The van der Waals surface area contributed by atoms with E-state index in [0.29, 0.717) is 18.7 Å². The van der Waals surface area contributed by atoms with Crippen LogP contribution >= 0.6 is 22.9 Å². The molecule has 0 saturated carbocycles. The van der Waals surface area contributed by atoms with Gasteiger partial charge in [-0.15, -0.1) is 11.3 Å². The molecule has 2 aromatic rings. The van der Waals surface area contributed by atoms with Crippen LogP contribution in [-0.4, -0.2) is 22.3 Å². The fourth-order valence-corrected chi connectivity index (χ4v) is 3.53. The van der Waals surface area contributed by atoms with Crippen molar-refractivity contribution < 1.29 is 9.72 Å². The van der Waals surface area contributed by atoms with Crippen LogP contribution in [0.5, 0.6) is 0 Å². The molecule has 1 amide bonds. The fraction of sp³-hybridized carbons (Fsp3) is 0.214. The Balaban J connectivity index is 1.83. The molecule has 1 aliphatic heterocycles. The molecular formula is C14H11ClN2O3S. The van der Waals surface area contributed by atoms with Crippen LogP contribution in [0, 0.1) is 10.1 Å². The molecular weight excluding hydrogens is 312 g/mol. The highest BCUT2D eigenvalue weighted by molar-refractivity contribution is 7.10. The monoisotopic (exact) mass is 322 g/mol.